The molecule has 8 rings (SSSR count). The molecule has 63 heavy (non-hydrogen) atoms. The number of nitro groups is 1. The van der Waals surface area contributed by atoms with Gasteiger partial charge in [-0.3, -0.25) is 19.2 Å². The van der Waals surface area contributed by atoms with Crippen LogP contribution in [-0.4, -0.2) is 112 Å². The SMILES string of the molecule is COc1ccc(N2CCC(N(C)C(=O)n3cnc(-c4cccc(N)c4)c3)CC2)cc1.COc1ccc(N2CCC(N(C)C(=O)n3cnc(-c4cccc([N+](=O)[O-])c4)c3)CC2)cc1.[Pd]. The third kappa shape index (κ3) is 11.0. The fourth-order valence-electron chi connectivity index (χ4n) is 7.92. The van der Waals surface area contributed by atoms with Gasteiger partial charge in [0.1, 0.15) is 24.2 Å². The Kier molecular flexibility index (Phi) is 15.2. The molecule has 0 radical (unpaired) electrons. The maximum atomic E-state index is 13.0. The van der Waals surface area contributed by atoms with E-state index in [1.54, 1.807) is 54.5 Å². The van der Waals surface area contributed by atoms with Gasteiger partial charge in [0, 0.05) is 125 Å². The number of amides is 2. The van der Waals surface area contributed by atoms with Gasteiger partial charge in [-0.25, -0.2) is 19.6 Å². The van der Waals surface area contributed by atoms with E-state index in [9.17, 15) is 19.7 Å². The molecule has 16 nitrogen and oxygen atoms in total. The van der Waals surface area contributed by atoms with Gasteiger partial charge < -0.3 is 34.8 Å². The normalized spacial score (nSPS) is 14.2. The summed E-state index contributed by atoms with van der Waals surface area (Å²) in [5, 5.41) is 11.0. The first-order valence-corrected chi connectivity index (χ1v) is 20.5. The van der Waals surface area contributed by atoms with E-state index in [-0.39, 0.29) is 50.3 Å². The number of imidazole rings is 2. The van der Waals surface area contributed by atoms with Crippen LogP contribution in [0, 0.1) is 10.1 Å². The first-order chi connectivity index (χ1) is 30.0. The van der Waals surface area contributed by atoms with Gasteiger partial charge in [-0.05, 0) is 86.3 Å². The third-order valence-corrected chi connectivity index (χ3v) is 11.6. The van der Waals surface area contributed by atoms with Gasteiger partial charge in [-0.2, -0.15) is 0 Å². The number of methoxy groups -OCH3 is 2. The Morgan fingerprint density at radius 3 is 1.48 bits per heavy atom. The van der Waals surface area contributed by atoms with Crippen LogP contribution in [0.2, 0.25) is 0 Å². The molecular weight excluding hydrogens is 895 g/mol. The minimum absolute atomic E-state index is 0. The molecule has 0 saturated carbocycles. The number of carbonyl (C=O) groups excluding carboxylic acids is 2. The van der Waals surface area contributed by atoms with Crippen molar-refractivity contribution in [2.24, 2.45) is 0 Å². The molecule has 17 heteroatoms. The Morgan fingerprint density at radius 2 is 1.08 bits per heavy atom. The van der Waals surface area contributed by atoms with Crippen molar-refractivity contribution in [1.82, 2.24) is 28.9 Å². The molecule has 4 aromatic carbocycles. The van der Waals surface area contributed by atoms with Gasteiger partial charge in [0.05, 0.1) is 30.5 Å². The van der Waals surface area contributed by atoms with Gasteiger partial charge in [0.2, 0.25) is 0 Å². The van der Waals surface area contributed by atoms with Gasteiger partial charge >= 0.3 is 12.1 Å². The number of anilines is 3. The monoisotopic (exact) mass is 946 g/mol. The third-order valence-electron chi connectivity index (χ3n) is 11.6. The van der Waals surface area contributed by atoms with Crippen LogP contribution >= 0.6 is 0 Å². The number of nitro benzene ring substituents is 1. The van der Waals surface area contributed by atoms with Crippen LogP contribution in [0.15, 0.2) is 122 Å². The number of nitrogens with zero attached hydrogens (tertiary/aromatic N) is 9. The van der Waals surface area contributed by atoms with Gasteiger partial charge in [0.15, 0.2) is 0 Å². The van der Waals surface area contributed by atoms with E-state index in [2.05, 4.69) is 44.0 Å². The molecule has 4 heterocycles. The quantitative estimate of drug-likeness (QED) is 0.0651. The molecular formula is C46H52N10O6Pd. The van der Waals surface area contributed by atoms with Crippen LogP contribution < -0.4 is 25.0 Å². The number of nitrogens with two attached hydrogens (primary N) is 1. The predicted molar refractivity (Wildman–Crippen MR) is 240 cm³/mol. The topological polar surface area (TPSA) is 170 Å². The first kappa shape index (κ1) is 45.8. The fraction of sp³-hybridized carbons (Fsp3) is 0.304. The maximum absolute atomic E-state index is 13.0. The second kappa shape index (κ2) is 20.9. The van der Waals surface area contributed by atoms with Gasteiger partial charge in [0.25, 0.3) is 5.69 Å². The van der Waals surface area contributed by atoms with Crippen LogP contribution in [0.3, 0.4) is 0 Å². The smallest absolute Gasteiger partial charge is 0.329 e. The molecule has 2 fully saturated rings. The largest absolute Gasteiger partial charge is 0.497 e. The van der Waals surface area contributed by atoms with Crippen molar-refractivity contribution < 1.29 is 44.4 Å². The number of aromatic nitrogens is 4. The molecule has 0 spiro atoms. The Bertz CT molecular complexity index is 2460. The molecule has 0 aliphatic carbocycles. The average Bonchev–Trinajstić information content (AvgIpc) is 4.03. The number of rotatable bonds is 9. The summed E-state index contributed by atoms with van der Waals surface area (Å²) in [7, 11) is 7.01. The Balaban J connectivity index is 0.000000207. The van der Waals surface area contributed by atoms with Crippen molar-refractivity contribution in [3.63, 3.8) is 0 Å². The van der Waals surface area contributed by atoms with Crippen molar-refractivity contribution in [3.05, 3.63) is 132 Å². The average molecular weight is 947 g/mol. The van der Waals surface area contributed by atoms with E-state index in [1.165, 1.54) is 28.7 Å². The van der Waals surface area contributed by atoms with E-state index in [4.69, 9.17) is 15.2 Å². The summed E-state index contributed by atoms with van der Waals surface area (Å²) in [6.07, 6.45) is 9.98. The second-order valence-corrected chi connectivity index (χ2v) is 15.4. The number of benzene rings is 4. The molecule has 6 aromatic rings. The number of nitrogen functional groups attached to an aromatic ring is 1. The van der Waals surface area contributed by atoms with E-state index in [0.29, 0.717) is 16.9 Å². The summed E-state index contributed by atoms with van der Waals surface area (Å²) in [6, 6.07) is 30.0. The number of hydrogen-bond donors (Lipinski definition) is 1. The summed E-state index contributed by atoms with van der Waals surface area (Å²) in [5.41, 5.74) is 11.6. The second-order valence-electron chi connectivity index (χ2n) is 15.4. The number of piperidine rings is 2. The van der Waals surface area contributed by atoms with Crippen LogP contribution in [0.5, 0.6) is 11.5 Å². The molecule has 2 N–H and O–H groups in total. The number of non-ortho nitro benzene ring substituents is 1. The number of hydrogen-bond acceptors (Lipinski definition) is 11. The summed E-state index contributed by atoms with van der Waals surface area (Å²) < 4.78 is 13.4. The minimum Gasteiger partial charge on any atom is -0.497 e. The first-order valence-electron chi connectivity index (χ1n) is 20.5. The van der Waals surface area contributed by atoms with Crippen molar-refractivity contribution >= 4 is 34.8 Å². The van der Waals surface area contributed by atoms with E-state index < -0.39 is 4.92 Å². The molecule has 2 aromatic heterocycles. The van der Waals surface area contributed by atoms with Crippen molar-refractivity contribution in [3.8, 4) is 34.0 Å². The van der Waals surface area contributed by atoms with Crippen LogP contribution in [-0.2, 0) is 20.4 Å². The Labute approximate surface area is 380 Å². The van der Waals surface area contributed by atoms with E-state index in [0.717, 1.165) is 80.3 Å². The summed E-state index contributed by atoms with van der Waals surface area (Å²) in [5.74, 6) is 1.69. The zero-order chi connectivity index (χ0) is 43.8. The van der Waals surface area contributed by atoms with Crippen molar-refractivity contribution in [2.45, 2.75) is 37.8 Å². The summed E-state index contributed by atoms with van der Waals surface area (Å²) >= 11 is 0. The molecule has 332 valence electrons. The molecule has 0 unspecified atom stereocenters. The summed E-state index contributed by atoms with van der Waals surface area (Å²) in [4.78, 5) is 53.4. The maximum Gasteiger partial charge on any atom is 0.329 e. The number of carbonyl (C=O) groups is 2. The molecule has 0 bridgehead atoms. The van der Waals surface area contributed by atoms with Gasteiger partial charge in [-0.15, -0.1) is 0 Å². The van der Waals surface area contributed by atoms with Crippen molar-refractivity contribution in [2.75, 3.05) is 70.0 Å². The Hall–Kier alpha value is -6.70. The zero-order valence-electron chi connectivity index (χ0n) is 35.7. The molecule has 2 saturated heterocycles. The Morgan fingerprint density at radius 1 is 0.667 bits per heavy atom. The summed E-state index contributed by atoms with van der Waals surface area (Å²) in [6.45, 7) is 3.54. The predicted octanol–water partition coefficient (Wildman–Crippen LogP) is 7.74. The molecule has 2 aliphatic heterocycles. The zero-order valence-corrected chi connectivity index (χ0v) is 37.3. The van der Waals surface area contributed by atoms with Crippen LogP contribution in [0.1, 0.15) is 25.7 Å². The van der Waals surface area contributed by atoms with Crippen LogP contribution in [0.4, 0.5) is 32.3 Å². The van der Waals surface area contributed by atoms with Gasteiger partial charge in [-0.1, -0.05) is 24.3 Å². The molecule has 2 aliphatic rings. The molecule has 2 amide bonds. The molecule has 0 atom stereocenters. The minimum atomic E-state index is -0.447. The number of ether oxygens (including phenoxy) is 2. The fourth-order valence-corrected chi connectivity index (χ4v) is 7.92. The van der Waals surface area contributed by atoms with Crippen LogP contribution in [0.25, 0.3) is 22.5 Å². The van der Waals surface area contributed by atoms with E-state index in [1.807, 2.05) is 67.5 Å². The van der Waals surface area contributed by atoms with Crippen molar-refractivity contribution in [1.29, 1.82) is 0 Å². The standard InChI is InChI=1S/C23H25N5O4.C23H27N5O2.Pd/c1-25(18-10-12-26(13-11-18)19-6-8-21(32-2)9-7-19)23(29)27-15-22(24-16-27)17-4-3-5-20(14-17)28(30)31;1-26(19-10-12-27(13-11-19)20-6-8-21(30-2)9-7-20)23(29)28-15-22(25-16-28)17-4-3-5-18(24)14-17;/h3-9,14-16,18H,10-13H2,1-2H3;3-9,14-16,19H,10-13,24H2,1-2H3;. The van der Waals surface area contributed by atoms with E-state index >= 15 is 0 Å².